The van der Waals surface area contributed by atoms with Crippen molar-refractivity contribution in [2.45, 2.75) is 6.92 Å². The number of methoxy groups -OCH3 is 1. The minimum Gasteiger partial charge on any atom is -0.481 e. The molecule has 1 aliphatic heterocycles. The number of carbonyl (C=O) groups is 1. The average molecular weight is 348 g/mol. The van der Waals surface area contributed by atoms with Crippen molar-refractivity contribution >= 4 is 16.7 Å². The number of hydroxylamine groups is 2. The number of nitrogens with zero attached hydrogens (tertiary/aromatic N) is 2. The Balaban J connectivity index is 1.76. The number of aromatic nitrogens is 1. The zero-order valence-corrected chi connectivity index (χ0v) is 14.8. The summed E-state index contributed by atoms with van der Waals surface area (Å²) >= 11 is 0. The van der Waals surface area contributed by atoms with E-state index in [-0.39, 0.29) is 5.91 Å². The lowest BCUT2D eigenvalue weighted by Gasteiger charge is -2.15. The topological polar surface area (TPSA) is 51.7 Å². The van der Waals surface area contributed by atoms with E-state index in [1.165, 1.54) is 5.06 Å². The summed E-state index contributed by atoms with van der Waals surface area (Å²) < 4.78 is 5.40. The van der Waals surface area contributed by atoms with Crippen molar-refractivity contribution in [1.29, 1.82) is 0 Å². The second kappa shape index (κ2) is 6.77. The highest BCUT2D eigenvalue weighted by atomic mass is 16.7. The Bertz CT molecular complexity index is 970. The molecule has 5 heteroatoms. The molecule has 26 heavy (non-hydrogen) atoms. The average Bonchev–Trinajstić information content (AvgIpc) is 3.12. The Hall–Kier alpha value is -2.92. The first kappa shape index (κ1) is 16.5. The van der Waals surface area contributed by atoms with Crippen LogP contribution in [0.15, 0.2) is 54.7 Å². The van der Waals surface area contributed by atoms with Crippen LogP contribution >= 0.6 is 0 Å². The van der Waals surface area contributed by atoms with E-state index in [1.54, 1.807) is 13.3 Å². The Morgan fingerprint density at radius 1 is 1.19 bits per heavy atom. The van der Waals surface area contributed by atoms with E-state index in [0.717, 1.165) is 21.9 Å². The van der Waals surface area contributed by atoms with Crippen molar-refractivity contribution in [1.82, 2.24) is 10.0 Å². The third-order valence-corrected chi connectivity index (χ3v) is 4.60. The number of amides is 1. The third-order valence-electron chi connectivity index (χ3n) is 4.60. The van der Waals surface area contributed by atoms with Crippen LogP contribution < -0.4 is 4.74 Å². The molecule has 0 aliphatic carbocycles. The summed E-state index contributed by atoms with van der Waals surface area (Å²) in [6, 6.07) is 15.6. The monoisotopic (exact) mass is 348 g/mol. The Morgan fingerprint density at radius 3 is 2.81 bits per heavy atom. The molecule has 4 rings (SSSR count). The third kappa shape index (κ3) is 2.91. The first-order valence-electron chi connectivity index (χ1n) is 8.64. The van der Waals surface area contributed by atoms with E-state index in [4.69, 9.17) is 9.57 Å². The fourth-order valence-corrected chi connectivity index (χ4v) is 3.30. The maximum absolute atomic E-state index is 12.7. The van der Waals surface area contributed by atoms with Gasteiger partial charge >= 0.3 is 0 Å². The summed E-state index contributed by atoms with van der Waals surface area (Å²) in [4.78, 5) is 22.4. The largest absolute Gasteiger partial charge is 0.481 e. The van der Waals surface area contributed by atoms with Crippen LogP contribution in [0.2, 0.25) is 0 Å². The van der Waals surface area contributed by atoms with Crippen molar-refractivity contribution < 1.29 is 14.4 Å². The van der Waals surface area contributed by atoms with Gasteiger partial charge in [-0.2, -0.15) is 0 Å². The highest BCUT2D eigenvalue weighted by Crippen LogP contribution is 2.34. The minimum atomic E-state index is -0.0967. The van der Waals surface area contributed by atoms with Gasteiger partial charge in [-0.05, 0) is 40.6 Å². The van der Waals surface area contributed by atoms with E-state index in [1.807, 2.05) is 48.5 Å². The van der Waals surface area contributed by atoms with E-state index >= 15 is 0 Å². The van der Waals surface area contributed by atoms with Crippen LogP contribution in [0.4, 0.5) is 0 Å². The van der Waals surface area contributed by atoms with Crippen molar-refractivity contribution in [3.63, 3.8) is 0 Å². The number of hydrogen-bond donors (Lipinski definition) is 0. The Morgan fingerprint density at radius 2 is 2.04 bits per heavy atom. The standard InChI is InChI=1S/C21H20N2O3/c1-14-12-23(26-13-14)21(24)16-8-9-17-15(11-16)5-3-6-18(17)19-7-4-10-22-20(19)25-2/h3-11,14H,12-13H2,1-2H3. The van der Waals surface area contributed by atoms with Crippen molar-refractivity contribution in [3.8, 4) is 17.0 Å². The molecule has 1 aromatic heterocycles. The number of pyridine rings is 1. The molecule has 0 saturated carbocycles. The molecular weight excluding hydrogens is 328 g/mol. The Labute approximate surface area is 152 Å². The Kier molecular flexibility index (Phi) is 4.31. The van der Waals surface area contributed by atoms with Gasteiger partial charge in [0.15, 0.2) is 0 Å². The predicted molar refractivity (Wildman–Crippen MR) is 99.9 cm³/mol. The van der Waals surface area contributed by atoms with Crippen LogP contribution in [0.1, 0.15) is 17.3 Å². The molecule has 1 saturated heterocycles. The van der Waals surface area contributed by atoms with Crippen LogP contribution in [-0.2, 0) is 4.84 Å². The van der Waals surface area contributed by atoms with Gasteiger partial charge in [0.2, 0.25) is 5.88 Å². The summed E-state index contributed by atoms with van der Waals surface area (Å²) in [5, 5.41) is 3.50. The predicted octanol–water partition coefficient (Wildman–Crippen LogP) is 3.93. The molecule has 2 heterocycles. The zero-order chi connectivity index (χ0) is 18.1. The maximum atomic E-state index is 12.7. The molecule has 1 unspecified atom stereocenters. The molecule has 1 fully saturated rings. The second-order valence-electron chi connectivity index (χ2n) is 6.57. The quantitative estimate of drug-likeness (QED) is 0.719. The number of hydrogen-bond acceptors (Lipinski definition) is 4. The lowest BCUT2D eigenvalue weighted by Crippen LogP contribution is -2.27. The van der Waals surface area contributed by atoms with Gasteiger partial charge in [-0.15, -0.1) is 0 Å². The maximum Gasteiger partial charge on any atom is 0.277 e. The van der Waals surface area contributed by atoms with Crippen LogP contribution in [-0.4, -0.2) is 36.2 Å². The second-order valence-corrected chi connectivity index (χ2v) is 6.57. The van der Waals surface area contributed by atoms with Crippen molar-refractivity contribution in [2.24, 2.45) is 5.92 Å². The first-order chi connectivity index (χ1) is 12.7. The number of fused-ring (bicyclic) bond motifs is 1. The van der Waals surface area contributed by atoms with Crippen molar-refractivity contribution in [2.75, 3.05) is 20.3 Å². The highest BCUT2D eigenvalue weighted by Gasteiger charge is 2.26. The molecule has 5 nitrogen and oxygen atoms in total. The SMILES string of the molecule is COc1ncccc1-c1cccc2cc(C(=O)N3CC(C)CO3)ccc12. The first-order valence-corrected chi connectivity index (χ1v) is 8.64. The van der Waals surface area contributed by atoms with E-state index in [9.17, 15) is 4.79 Å². The molecule has 0 bridgehead atoms. The zero-order valence-electron chi connectivity index (χ0n) is 14.8. The molecule has 0 radical (unpaired) electrons. The van der Waals surface area contributed by atoms with E-state index < -0.39 is 0 Å². The van der Waals surface area contributed by atoms with Gasteiger partial charge in [-0.1, -0.05) is 31.2 Å². The van der Waals surface area contributed by atoms with Crippen LogP contribution in [0.3, 0.4) is 0 Å². The molecular formula is C21H20N2O3. The van der Waals surface area contributed by atoms with Crippen LogP contribution in [0.5, 0.6) is 5.88 Å². The number of ether oxygens (including phenoxy) is 1. The fourth-order valence-electron chi connectivity index (χ4n) is 3.30. The van der Waals surface area contributed by atoms with Crippen LogP contribution in [0.25, 0.3) is 21.9 Å². The van der Waals surface area contributed by atoms with Gasteiger partial charge in [0, 0.05) is 23.2 Å². The molecule has 2 aromatic carbocycles. The number of rotatable bonds is 3. The van der Waals surface area contributed by atoms with Gasteiger partial charge in [-0.25, -0.2) is 10.0 Å². The summed E-state index contributed by atoms with van der Waals surface area (Å²) in [5.41, 5.74) is 2.58. The smallest absolute Gasteiger partial charge is 0.277 e. The van der Waals surface area contributed by atoms with E-state index in [2.05, 4.69) is 11.9 Å². The molecule has 1 aliphatic rings. The molecule has 0 spiro atoms. The normalized spacial score (nSPS) is 16.8. The highest BCUT2D eigenvalue weighted by molar-refractivity contribution is 6.03. The van der Waals surface area contributed by atoms with Gasteiger partial charge in [0.1, 0.15) is 0 Å². The number of benzene rings is 2. The summed E-state index contributed by atoms with van der Waals surface area (Å²) in [6.07, 6.45) is 1.71. The van der Waals surface area contributed by atoms with Gasteiger partial charge in [0.25, 0.3) is 5.91 Å². The summed E-state index contributed by atoms with van der Waals surface area (Å²) in [5.74, 6) is 0.851. The van der Waals surface area contributed by atoms with Gasteiger partial charge in [0.05, 0.1) is 20.3 Å². The summed E-state index contributed by atoms with van der Waals surface area (Å²) in [6.45, 7) is 3.29. The molecule has 0 N–H and O–H groups in total. The molecule has 1 amide bonds. The lowest BCUT2D eigenvalue weighted by atomic mass is 9.97. The lowest BCUT2D eigenvalue weighted by molar-refractivity contribution is -0.0772. The molecule has 132 valence electrons. The molecule has 3 aromatic rings. The van der Waals surface area contributed by atoms with E-state index in [0.29, 0.717) is 30.5 Å². The van der Waals surface area contributed by atoms with Gasteiger partial charge < -0.3 is 4.74 Å². The summed E-state index contributed by atoms with van der Waals surface area (Å²) in [7, 11) is 1.62. The number of carbonyl (C=O) groups excluding carboxylic acids is 1. The minimum absolute atomic E-state index is 0.0967. The fraction of sp³-hybridized carbons (Fsp3) is 0.238. The van der Waals surface area contributed by atoms with Crippen molar-refractivity contribution in [3.05, 3.63) is 60.3 Å². The van der Waals surface area contributed by atoms with Gasteiger partial charge in [-0.3, -0.25) is 9.63 Å². The molecule has 1 atom stereocenters. The van der Waals surface area contributed by atoms with Crippen LogP contribution in [0, 0.1) is 5.92 Å².